The number of carbonyl (C=O) groups excluding carboxylic acids is 1. The number of piperazine rings is 1. The molecule has 0 aromatic rings. The summed E-state index contributed by atoms with van der Waals surface area (Å²) in [6.45, 7) is 6.02. The van der Waals surface area contributed by atoms with Gasteiger partial charge >= 0.3 is 0 Å². The largest absolute Gasteiger partial charge is 0.352 e. The van der Waals surface area contributed by atoms with E-state index in [0.29, 0.717) is 18.0 Å². The van der Waals surface area contributed by atoms with Crippen LogP contribution < -0.4 is 16.0 Å². The third-order valence-electron chi connectivity index (χ3n) is 4.35. The first-order valence-electron chi connectivity index (χ1n) is 7.44. The van der Waals surface area contributed by atoms with E-state index < -0.39 is 0 Å². The van der Waals surface area contributed by atoms with Gasteiger partial charge in [-0.05, 0) is 25.7 Å². The molecule has 2 rings (SSSR count). The summed E-state index contributed by atoms with van der Waals surface area (Å²) in [6, 6.07) is 0.781. The third-order valence-corrected chi connectivity index (χ3v) is 4.35. The van der Waals surface area contributed by atoms with Gasteiger partial charge in [0.25, 0.3) is 0 Å². The second kappa shape index (κ2) is 6.53. The van der Waals surface area contributed by atoms with Crippen LogP contribution in [0.4, 0.5) is 0 Å². The van der Waals surface area contributed by atoms with Crippen molar-refractivity contribution < 1.29 is 4.79 Å². The molecule has 4 heteroatoms. The van der Waals surface area contributed by atoms with Crippen molar-refractivity contribution in [2.24, 2.45) is 5.92 Å². The van der Waals surface area contributed by atoms with Crippen molar-refractivity contribution in [1.29, 1.82) is 0 Å². The van der Waals surface area contributed by atoms with E-state index in [1.54, 1.807) is 0 Å². The van der Waals surface area contributed by atoms with Crippen molar-refractivity contribution in [1.82, 2.24) is 16.0 Å². The van der Waals surface area contributed by atoms with Crippen LogP contribution >= 0.6 is 0 Å². The van der Waals surface area contributed by atoms with E-state index in [1.807, 2.05) is 0 Å². The normalized spacial score (nSPS) is 37.9. The number of hydrogen-bond donors (Lipinski definition) is 3. The van der Waals surface area contributed by atoms with Gasteiger partial charge in [0.1, 0.15) is 0 Å². The summed E-state index contributed by atoms with van der Waals surface area (Å²) in [5, 5.41) is 9.92. The summed E-state index contributed by atoms with van der Waals surface area (Å²) in [7, 11) is 0. The number of carbonyl (C=O) groups is 1. The lowest BCUT2D eigenvalue weighted by Gasteiger charge is -2.31. The molecule has 1 saturated heterocycles. The van der Waals surface area contributed by atoms with Gasteiger partial charge in [0.15, 0.2) is 0 Å². The standard InChI is InChI=1S/C14H27N3O/c1-10-6-4-3-5-7-12(10)17-14(18)13-9-15-11(2)8-16-13/h10-13,15-16H,3-9H2,1-2H3,(H,17,18). The second-order valence-electron chi connectivity index (χ2n) is 6.00. The SMILES string of the molecule is CC1CNC(C(=O)NC2CCCCCC2C)CN1. The zero-order valence-electron chi connectivity index (χ0n) is 11.7. The minimum atomic E-state index is -0.0587. The van der Waals surface area contributed by atoms with Crippen LogP contribution in [-0.4, -0.2) is 37.1 Å². The predicted molar refractivity (Wildman–Crippen MR) is 73.4 cm³/mol. The van der Waals surface area contributed by atoms with E-state index >= 15 is 0 Å². The Bertz CT molecular complexity index is 274. The lowest BCUT2D eigenvalue weighted by Crippen LogP contribution is -2.60. The van der Waals surface area contributed by atoms with Crippen LogP contribution in [0.3, 0.4) is 0 Å². The molecule has 4 atom stereocenters. The van der Waals surface area contributed by atoms with Crippen LogP contribution in [0.5, 0.6) is 0 Å². The Balaban J connectivity index is 1.82. The molecule has 4 nitrogen and oxygen atoms in total. The molecule has 1 amide bonds. The maximum absolute atomic E-state index is 12.2. The zero-order chi connectivity index (χ0) is 13.0. The number of rotatable bonds is 2. The van der Waals surface area contributed by atoms with Gasteiger partial charge in [0.2, 0.25) is 5.91 Å². The van der Waals surface area contributed by atoms with Crippen molar-refractivity contribution >= 4 is 5.91 Å². The summed E-state index contributed by atoms with van der Waals surface area (Å²) < 4.78 is 0. The smallest absolute Gasteiger partial charge is 0.238 e. The fourth-order valence-corrected chi connectivity index (χ4v) is 2.96. The molecule has 2 fully saturated rings. The number of hydrogen-bond acceptors (Lipinski definition) is 3. The maximum atomic E-state index is 12.2. The molecule has 1 heterocycles. The van der Waals surface area contributed by atoms with Crippen LogP contribution in [0.25, 0.3) is 0 Å². The van der Waals surface area contributed by atoms with Gasteiger partial charge in [0, 0.05) is 25.2 Å². The lowest BCUT2D eigenvalue weighted by molar-refractivity contribution is -0.124. The highest BCUT2D eigenvalue weighted by Gasteiger charge is 2.27. The summed E-state index contributed by atoms with van der Waals surface area (Å²) in [5.74, 6) is 0.792. The molecule has 1 aliphatic heterocycles. The molecule has 1 saturated carbocycles. The molecule has 0 aromatic heterocycles. The van der Waals surface area contributed by atoms with Crippen molar-refractivity contribution in [2.45, 2.75) is 64.1 Å². The summed E-state index contributed by atoms with van der Waals surface area (Å²) in [4.78, 5) is 12.2. The Hall–Kier alpha value is -0.610. The van der Waals surface area contributed by atoms with E-state index in [4.69, 9.17) is 0 Å². The Morgan fingerprint density at radius 2 is 1.83 bits per heavy atom. The van der Waals surface area contributed by atoms with Crippen molar-refractivity contribution in [3.05, 3.63) is 0 Å². The van der Waals surface area contributed by atoms with Crippen LogP contribution in [0.15, 0.2) is 0 Å². The molecule has 1 aliphatic carbocycles. The third kappa shape index (κ3) is 3.69. The van der Waals surface area contributed by atoms with Gasteiger partial charge in [-0.25, -0.2) is 0 Å². The number of amides is 1. The average Bonchev–Trinajstić information content (AvgIpc) is 2.56. The predicted octanol–water partition coefficient (Wildman–Crippen LogP) is 1.02. The van der Waals surface area contributed by atoms with Gasteiger partial charge in [-0.15, -0.1) is 0 Å². The van der Waals surface area contributed by atoms with E-state index in [9.17, 15) is 4.79 Å². The molecule has 0 bridgehead atoms. The fraction of sp³-hybridized carbons (Fsp3) is 0.929. The van der Waals surface area contributed by atoms with Crippen LogP contribution in [0.2, 0.25) is 0 Å². The van der Waals surface area contributed by atoms with Crippen LogP contribution in [0.1, 0.15) is 46.0 Å². The lowest BCUT2D eigenvalue weighted by atomic mass is 9.96. The van der Waals surface area contributed by atoms with Crippen molar-refractivity contribution in [3.8, 4) is 0 Å². The molecule has 0 aromatic carbocycles. The Kier molecular flexibility index (Phi) is 5.01. The Morgan fingerprint density at radius 3 is 2.56 bits per heavy atom. The molecular formula is C14H27N3O. The molecule has 18 heavy (non-hydrogen) atoms. The summed E-state index contributed by atoms with van der Waals surface area (Å²) in [5.41, 5.74) is 0. The molecule has 0 radical (unpaired) electrons. The Labute approximate surface area is 110 Å². The van der Waals surface area contributed by atoms with E-state index in [-0.39, 0.29) is 11.9 Å². The highest BCUT2D eigenvalue weighted by atomic mass is 16.2. The van der Waals surface area contributed by atoms with E-state index in [1.165, 1.54) is 25.7 Å². The summed E-state index contributed by atoms with van der Waals surface area (Å²) >= 11 is 0. The van der Waals surface area contributed by atoms with E-state index in [0.717, 1.165) is 19.5 Å². The van der Waals surface area contributed by atoms with Crippen LogP contribution in [-0.2, 0) is 4.79 Å². The molecular weight excluding hydrogens is 226 g/mol. The molecule has 0 spiro atoms. The van der Waals surface area contributed by atoms with Gasteiger partial charge in [-0.1, -0.05) is 26.2 Å². The topological polar surface area (TPSA) is 53.2 Å². The summed E-state index contributed by atoms with van der Waals surface area (Å²) in [6.07, 6.45) is 6.27. The molecule has 104 valence electrons. The molecule has 3 N–H and O–H groups in total. The van der Waals surface area contributed by atoms with Gasteiger partial charge in [0.05, 0.1) is 6.04 Å². The first kappa shape index (κ1) is 13.8. The fourth-order valence-electron chi connectivity index (χ4n) is 2.96. The zero-order valence-corrected chi connectivity index (χ0v) is 11.7. The van der Waals surface area contributed by atoms with Gasteiger partial charge < -0.3 is 16.0 Å². The number of nitrogens with one attached hydrogen (secondary N) is 3. The molecule has 2 aliphatic rings. The highest BCUT2D eigenvalue weighted by Crippen LogP contribution is 2.22. The average molecular weight is 253 g/mol. The van der Waals surface area contributed by atoms with Gasteiger partial charge in [-0.3, -0.25) is 4.79 Å². The highest BCUT2D eigenvalue weighted by molar-refractivity contribution is 5.82. The molecule has 4 unspecified atom stereocenters. The van der Waals surface area contributed by atoms with Crippen molar-refractivity contribution in [2.75, 3.05) is 13.1 Å². The quantitative estimate of drug-likeness (QED) is 0.644. The van der Waals surface area contributed by atoms with Crippen LogP contribution in [0, 0.1) is 5.92 Å². The van der Waals surface area contributed by atoms with Crippen molar-refractivity contribution in [3.63, 3.8) is 0 Å². The van der Waals surface area contributed by atoms with Gasteiger partial charge in [-0.2, -0.15) is 0 Å². The Morgan fingerprint density at radius 1 is 1.06 bits per heavy atom. The first-order chi connectivity index (χ1) is 8.66. The maximum Gasteiger partial charge on any atom is 0.238 e. The first-order valence-corrected chi connectivity index (χ1v) is 7.44. The minimum Gasteiger partial charge on any atom is -0.352 e. The van der Waals surface area contributed by atoms with E-state index in [2.05, 4.69) is 29.8 Å². The monoisotopic (exact) mass is 253 g/mol. The minimum absolute atomic E-state index is 0.0587. The second-order valence-corrected chi connectivity index (χ2v) is 6.00.